The van der Waals surface area contributed by atoms with Gasteiger partial charge in [0, 0.05) is 31.4 Å². The molecular weight excluding hydrogens is 286 g/mol. The van der Waals surface area contributed by atoms with Crippen molar-refractivity contribution in [2.75, 3.05) is 19.6 Å². The van der Waals surface area contributed by atoms with Crippen LogP contribution >= 0.6 is 0 Å². The molecule has 1 saturated carbocycles. The Balaban J connectivity index is 1.67. The molecule has 0 radical (unpaired) electrons. The van der Waals surface area contributed by atoms with Crippen molar-refractivity contribution >= 4 is 5.91 Å². The molecular formula is C19H31N3O. The molecule has 23 heavy (non-hydrogen) atoms. The maximum Gasteiger partial charge on any atom is 0.223 e. The number of aromatic nitrogens is 1. The Labute approximate surface area is 140 Å². The molecule has 0 aromatic carbocycles. The largest absolute Gasteiger partial charge is 0.354 e. The highest BCUT2D eigenvalue weighted by Gasteiger charge is 2.27. The second-order valence-corrected chi connectivity index (χ2v) is 7.24. The Morgan fingerprint density at radius 3 is 2.48 bits per heavy atom. The third-order valence-corrected chi connectivity index (χ3v) is 5.60. The summed E-state index contributed by atoms with van der Waals surface area (Å²) in [5.41, 5.74) is 1.32. The second-order valence-electron chi connectivity index (χ2n) is 7.24. The van der Waals surface area contributed by atoms with E-state index < -0.39 is 0 Å². The predicted molar refractivity (Wildman–Crippen MR) is 93.2 cm³/mol. The van der Waals surface area contributed by atoms with Gasteiger partial charge in [0.1, 0.15) is 0 Å². The van der Waals surface area contributed by atoms with Crippen molar-refractivity contribution in [2.24, 2.45) is 13.0 Å². The molecule has 1 aliphatic carbocycles. The topological polar surface area (TPSA) is 37.3 Å². The molecule has 0 bridgehead atoms. The Hall–Kier alpha value is -1.29. The van der Waals surface area contributed by atoms with Crippen molar-refractivity contribution in [1.29, 1.82) is 0 Å². The molecule has 1 aliphatic heterocycles. The van der Waals surface area contributed by atoms with E-state index in [2.05, 4.69) is 40.2 Å². The van der Waals surface area contributed by atoms with E-state index in [1.165, 1.54) is 44.2 Å². The Bertz CT molecular complexity index is 496. The average Bonchev–Trinajstić information content (AvgIpc) is 3.15. The molecule has 2 heterocycles. The normalized spacial score (nSPS) is 22.0. The number of carbonyl (C=O) groups excluding carboxylic acids is 1. The minimum absolute atomic E-state index is 0.258. The molecule has 2 aliphatic rings. The van der Waals surface area contributed by atoms with Gasteiger partial charge >= 0.3 is 0 Å². The van der Waals surface area contributed by atoms with E-state index in [1.807, 2.05) is 0 Å². The molecule has 1 atom stereocenters. The van der Waals surface area contributed by atoms with Crippen molar-refractivity contribution in [3.8, 4) is 0 Å². The molecule has 128 valence electrons. The Kier molecular flexibility index (Phi) is 5.76. The molecule has 4 nitrogen and oxygen atoms in total. The lowest BCUT2D eigenvalue weighted by Gasteiger charge is -2.31. The van der Waals surface area contributed by atoms with Crippen LogP contribution in [0.25, 0.3) is 0 Å². The summed E-state index contributed by atoms with van der Waals surface area (Å²) >= 11 is 0. The first-order valence-corrected chi connectivity index (χ1v) is 9.38. The van der Waals surface area contributed by atoms with Gasteiger partial charge in [0.2, 0.25) is 5.91 Å². The lowest BCUT2D eigenvalue weighted by Crippen LogP contribution is -2.41. The molecule has 1 saturated heterocycles. The maximum atomic E-state index is 12.4. The highest BCUT2D eigenvalue weighted by atomic mass is 16.1. The van der Waals surface area contributed by atoms with Gasteiger partial charge in [0.15, 0.2) is 0 Å². The van der Waals surface area contributed by atoms with E-state index in [-0.39, 0.29) is 11.8 Å². The number of aryl methyl sites for hydroxylation is 1. The number of nitrogens with one attached hydrogen (secondary N) is 1. The van der Waals surface area contributed by atoms with Gasteiger partial charge in [-0.1, -0.05) is 25.7 Å². The van der Waals surface area contributed by atoms with Crippen LogP contribution in [0.1, 0.15) is 63.1 Å². The predicted octanol–water partition coefficient (Wildman–Crippen LogP) is 3.25. The van der Waals surface area contributed by atoms with Crippen molar-refractivity contribution in [2.45, 2.75) is 57.4 Å². The lowest BCUT2D eigenvalue weighted by molar-refractivity contribution is -0.125. The minimum atomic E-state index is 0.258. The van der Waals surface area contributed by atoms with Crippen LogP contribution in [0.4, 0.5) is 0 Å². The number of carbonyl (C=O) groups is 1. The Morgan fingerprint density at radius 1 is 1.17 bits per heavy atom. The van der Waals surface area contributed by atoms with Gasteiger partial charge < -0.3 is 9.88 Å². The highest BCUT2D eigenvalue weighted by molar-refractivity contribution is 5.78. The molecule has 1 unspecified atom stereocenters. The van der Waals surface area contributed by atoms with E-state index in [4.69, 9.17) is 0 Å². The van der Waals surface area contributed by atoms with Crippen LogP contribution in [0.2, 0.25) is 0 Å². The molecule has 2 fully saturated rings. The van der Waals surface area contributed by atoms with Crippen LogP contribution in [0.15, 0.2) is 18.3 Å². The summed E-state index contributed by atoms with van der Waals surface area (Å²) in [6.07, 6.45) is 11.9. The van der Waals surface area contributed by atoms with Gasteiger partial charge in [-0.3, -0.25) is 9.69 Å². The number of likely N-dealkylation sites (tertiary alicyclic amines) is 1. The standard InChI is InChI=1S/C19H31N3O/c1-21-12-8-11-17(21)18(22-13-6-2-3-7-14-22)15-20-19(23)16-9-4-5-10-16/h8,11-12,16,18H,2-7,9-10,13-15H2,1H3,(H,20,23). The van der Waals surface area contributed by atoms with E-state index in [9.17, 15) is 4.79 Å². The summed E-state index contributed by atoms with van der Waals surface area (Å²) in [5, 5.41) is 3.26. The number of nitrogens with zero attached hydrogens (tertiary/aromatic N) is 2. The summed E-state index contributed by atoms with van der Waals surface area (Å²) in [6.45, 7) is 3.04. The smallest absolute Gasteiger partial charge is 0.223 e. The van der Waals surface area contributed by atoms with E-state index in [1.54, 1.807) is 0 Å². The van der Waals surface area contributed by atoms with Gasteiger partial charge in [0.25, 0.3) is 0 Å². The van der Waals surface area contributed by atoms with Crippen LogP contribution in [-0.2, 0) is 11.8 Å². The van der Waals surface area contributed by atoms with Gasteiger partial charge in [-0.25, -0.2) is 0 Å². The average molecular weight is 317 g/mol. The number of hydrogen-bond acceptors (Lipinski definition) is 2. The first-order valence-electron chi connectivity index (χ1n) is 9.38. The first-order chi connectivity index (χ1) is 11.3. The second kappa shape index (κ2) is 8.00. The highest BCUT2D eigenvalue weighted by Crippen LogP contribution is 2.26. The van der Waals surface area contributed by atoms with Crippen molar-refractivity contribution in [3.63, 3.8) is 0 Å². The van der Waals surface area contributed by atoms with Crippen LogP contribution in [0, 0.1) is 5.92 Å². The van der Waals surface area contributed by atoms with Gasteiger partial charge in [-0.05, 0) is 50.9 Å². The SMILES string of the molecule is Cn1cccc1C(CNC(=O)C1CCCC1)N1CCCCCC1. The number of amides is 1. The third kappa shape index (κ3) is 4.17. The van der Waals surface area contributed by atoms with Gasteiger partial charge in [0.05, 0.1) is 6.04 Å². The summed E-state index contributed by atoms with van der Waals surface area (Å²) < 4.78 is 2.21. The van der Waals surface area contributed by atoms with E-state index in [0.717, 1.165) is 32.5 Å². The molecule has 1 aromatic heterocycles. The molecule has 1 amide bonds. The molecule has 1 aromatic rings. The molecule has 0 spiro atoms. The van der Waals surface area contributed by atoms with Crippen molar-refractivity contribution in [1.82, 2.24) is 14.8 Å². The minimum Gasteiger partial charge on any atom is -0.354 e. The fraction of sp³-hybridized carbons (Fsp3) is 0.737. The molecule has 1 N–H and O–H groups in total. The third-order valence-electron chi connectivity index (χ3n) is 5.60. The van der Waals surface area contributed by atoms with Gasteiger partial charge in [-0.15, -0.1) is 0 Å². The summed E-state index contributed by atoms with van der Waals surface area (Å²) in [5.74, 6) is 0.532. The maximum absolute atomic E-state index is 12.4. The summed E-state index contributed by atoms with van der Waals surface area (Å²) in [6, 6.07) is 4.62. The van der Waals surface area contributed by atoms with E-state index in [0.29, 0.717) is 6.04 Å². The van der Waals surface area contributed by atoms with Gasteiger partial charge in [-0.2, -0.15) is 0 Å². The quantitative estimate of drug-likeness (QED) is 0.905. The Morgan fingerprint density at radius 2 is 1.87 bits per heavy atom. The zero-order valence-corrected chi connectivity index (χ0v) is 14.5. The number of hydrogen-bond donors (Lipinski definition) is 1. The van der Waals surface area contributed by atoms with Crippen LogP contribution in [-0.4, -0.2) is 35.0 Å². The van der Waals surface area contributed by atoms with Crippen LogP contribution in [0.5, 0.6) is 0 Å². The summed E-state index contributed by atoms with van der Waals surface area (Å²) in [4.78, 5) is 15.0. The molecule has 3 rings (SSSR count). The molecule has 4 heteroatoms. The van der Waals surface area contributed by atoms with E-state index >= 15 is 0 Å². The van der Waals surface area contributed by atoms with Crippen LogP contribution in [0.3, 0.4) is 0 Å². The van der Waals surface area contributed by atoms with Crippen LogP contribution < -0.4 is 5.32 Å². The summed E-state index contributed by atoms with van der Waals surface area (Å²) in [7, 11) is 2.11. The van der Waals surface area contributed by atoms with Crippen molar-refractivity contribution in [3.05, 3.63) is 24.0 Å². The monoisotopic (exact) mass is 317 g/mol. The fourth-order valence-electron chi connectivity index (χ4n) is 4.18. The number of rotatable bonds is 5. The zero-order valence-electron chi connectivity index (χ0n) is 14.5. The fourth-order valence-corrected chi connectivity index (χ4v) is 4.18. The van der Waals surface area contributed by atoms with Crippen molar-refractivity contribution < 1.29 is 4.79 Å². The zero-order chi connectivity index (χ0) is 16.1. The first kappa shape index (κ1) is 16.6. The lowest BCUT2D eigenvalue weighted by atomic mass is 10.1.